The number of anilines is 1. The van der Waals surface area contributed by atoms with Gasteiger partial charge in [0.1, 0.15) is 17.2 Å². The summed E-state index contributed by atoms with van der Waals surface area (Å²) in [6.45, 7) is 6.06. The zero-order chi connectivity index (χ0) is 17.5. The zero-order valence-electron chi connectivity index (χ0n) is 13.6. The average molecular weight is 333 g/mol. The third-order valence-electron chi connectivity index (χ3n) is 3.51. The summed E-state index contributed by atoms with van der Waals surface area (Å²) in [6, 6.07) is 10.7. The molecule has 0 bridgehead atoms. The van der Waals surface area contributed by atoms with Crippen LogP contribution in [0.4, 0.5) is 19.0 Å². The molecule has 3 aromatic rings. The van der Waals surface area contributed by atoms with Gasteiger partial charge in [0.05, 0.1) is 5.56 Å². The maximum absolute atomic E-state index is 12.8. The Morgan fingerprint density at radius 1 is 0.958 bits per heavy atom. The van der Waals surface area contributed by atoms with Crippen LogP contribution in [0, 0.1) is 0 Å². The maximum atomic E-state index is 12.8. The molecule has 0 saturated heterocycles. The molecule has 0 spiro atoms. The largest absolute Gasteiger partial charge is 0.416 e. The summed E-state index contributed by atoms with van der Waals surface area (Å²) in [5, 5.41) is 3.39. The van der Waals surface area contributed by atoms with Gasteiger partial charge >= 0.3 is 6.18 Å². The first-order valence-electron chi connectivity index (χ1n) is 7.58. The Bertz CT molecular complexity index is 856. The molecule has 0 aliphatic heterocycles. The van der Waals surface area contributed by atoms with Crippen LogP contribution >= 0.6 is 0 Å². The minimum atomic E-state index is -4.34. The minimum absolute atomic E-state index is 0.216. The normalized spacial score (nSPS) is 12.6. The SMILES string of the molecule is CC(C)(C)Nc1c(-c2ccc(C(F)(F)F)cc2)nc2ccccn12. The lowest BCUT2D eigenvalue weighted by Gasteiger charge is -2.22. The fourth-order valence-corrected chi connectivity index (χ4v) is 2.49. The van der Waals surface area contributed by atoms with Crippen LogP contribution in [0.1, 0.15) is 26.3 Å². The van der Waals surface area contributed by atoms with Crippen LogP contribution < -0.4 is 5.32 Å². The van der Waals surface area contributed by atoms with Gasteiger partial charge in [-0.15, -0.1) is 0 Å². The van der Waals surface area contributed by atoms with Crippen LogP contribution in [0.15, 0.2) is 48.7 Å². The molecule has 0 unspecified atom stereocenters. The molecule has 0 atom stereocenters. The number of hydrogen-bond donors (Lipinski definition) is 1. The van der Waals surface area contributed by atoms with Gasteiger partial charge in [0.2, 0.25) is 0 Å². The van der Waals surface area contributed by atoms with Crippen molar-refractivity contribution in [2.45, 2.75) is 32.5 Å². The molecule has 0 fully saturated rings. The predicted octanol–water partition coefficient (Wildman–Crippen LogP) is 5.23. The first kappa shape index (κ1) is 16.4. The van der Waals surface area contributed by atoms with Crippen LogP contribution in [0.5, 0.6) is 0 Å². The van der Waals surface area contributed by atoms with Gasteiger partial charge in [-0.1, -0.05) is 18.2 Å². The lowest BCUT2D eigenvalue weighted by Crippen LogP contribution is -2.27. The first-order chi connectivity index (χ1) is 11.1. The smallest absolute Gasteiger partial charge is 0.365 e. The van der Waals surface area contributed by atoms with E-state index in [-0.39, 0.29) is 5.54 Å². The van der Waals surface area contributed by atoms with Gasteiger partial charge in [-0.2, -0.15) is 13.2 Å². The van der Waals surface area contributed by atoms with Crippen LogP contribution in [0.25, 0.3) is 16.9 Å². The molecule has 3 rings (SSSR count). The second-order valence-electron chi connectivity index (χ2n) is 6.69. The fourth-order valence-electron chi connectivity index (χ4n) is 2.49. The van der Waals surface area contributed by atoms with Crippen molar-refractivity contribution >= 4 is 11.5 Å². The molecule has 3 nitrogen and oxygen atoms in total. The van der Waals surface area contributed by atoms with Crippen molar-refractivity contribution in [2.75, 3.05) is 5.32 Å². The third kappa shape index (κ3) is 3.22. The van der Waals surface area contributed by atoms with Gasteiger partial charge in [-0.25, -0.2) is 4.98 Å². The van der Waals surface area contributed by atoms with E-state index in [1.165, 1.54) is 12.1 Å². The van der Waals surface area contributed by atoms with Crippen LogP contribution in [0.3, 0.4) is 0 Å². The molecule has 0 aliphatic carbocycles. The lowest BCUT2D eigenvalue weighted by atomic mass is 10.1. The topological polar surface area (TPSA) is 29.3 Å². The van der Waals surface area contributed by atoms with Crippen molar-refractivity contribution in [1.82, 2.24) is 9.38 Å². The molecule has 0 aliphatic rings. The number of halogens is 3. The number of benzene rings is 1. The van der Waals surface area contributed by atoms with Crippen molar-refractivity contribution in [1.29, 1.82) is 0 Å². The van der Waals surface area contributed by atoms with Crippen LogP contribution in [-0.4, -0.2) is 14.9 Å². The molecular formula is C18H18F3N3. The number of alkyl halides is 3. The molecule has 1 aromatic carbocycles. The van der Waals surface area contributed by atoms with Crippen molar-refractivity contribution in [2.24, 2.45) is 0 Å². The molecule has 126 valence electrons. The quantitative estimate of drug-likeness (QED) is 0.696. The Morgan fingerprint density at radius 3 is 2.21 bits per heavy atom. The van der Waals surface area contributed by atoms with Gasteiger partial charge in [-0.3, -0.25) is 4.40 Å². The molecule has 0 saturated carbocycles. The van der Waals surface area contributed by atoms with Gasteiger partial charge in [0.25, 0.3) is 0 Å². The van der Waals surface area contributed by atoms with Gasteiger partial charge in [-0.05, 0) is 45.0 Å². The number of imidazole rings is 1. The predicted molar refractivity (Wildman–Crippen MR) is 89.0 cm³/mol. The maximum Gasteiger partial charge on any atom is 0.416 e. The summed E-state index contributed by atoms with van der Waals surface area (Å²) in [5.41, 5.74) is 1.12. The molecule has 1 N–H and O–H groups in total. The van der Waals surface area contributed by atoms with Crippen LogP contribution in [-0.2, 0) is 6.18 Å². The molecule has 2 heterocycles. The number of hydrogen-bond acceptors (Lipinski definition) is 2. The number of aromatic nitrogens is 2. The molecule has 2 aromatic heterocycles. The Labute approximate surface area is 138 Å². The highest BCUT2D eigenvalue weighted by atomic mass is 19.4. The summed E-state index contributed by atoms with van der Waals surface area (Å²) in [5.74, 6) is 0.762. The van der Waals surface area contributed by atoms with Crippen LogP contribution in [0.2, 0.25) is 0 Å². The van der Waals surface area contributed by atoms with Crippen molar-refractivity contribution in [3.8, 4) is 11.3 Å². The van der Waals surface area contributed by atoms with Crippen molar-refractivity contribution in [3.63, 3.8) is 0 Å². The number of nitrogens with zero attached hydrogens (tertiary/aromatic N) is 2. The lowest BCUT2D eigenvalue weighted by molar-refractivity contribution is -0.137. The van der Waals surface area contributed by atoms with E-state index in [2.05, 4.69) is 10.3 Å². The highest BCUT2D eigenvalue weighted by molar-refractivity contribution is 5.77. The van der Waals surface area contributed by atoms with Gasteiger partial charge in [0.15, 0.2) is 0 Å². The standard InChI is InChI=1S/C18H18F3N3/c1-17(2,3)23-16-15(22-14-6-4-5-11-24(14)16)12-7-9-13(10-8-12)18(19,20)21/h4-11,23H,1-3H3. The molecule has 24 heavy (non-hydrogen) atoms. The van der Waals surface area contributed by atoms with Gasteiger partial charge < -0.3 is 5.32 Å². The van der Waals surface area contributed by atoms with E-state index in [4.69, 9.17) is 0 Å². The third-order valence-corrected chi connectivity index (χ3v) is 3.51. The fraction of sp³-hybridized carbons (Fsp3) is 0.278. The zero-order valence-corrected chi connectivity index (χ0v) is 13.6. The second kappa shape index (κ2) is 5.54. The number of nitrogens with one attached hydrogen (secondary N) is 1. The summed E-state index contributed by atoms with van der Waals surface area (Å²) < 4.78 is 40.2. The Kier molecular flexibility index (Phi) is 3.78. The van der Waals surface area contributed by atoms with E-state index in [1.54, 1.807) is 0 Å². The van der Waals surface area contributed by atoms with E-state index in [1.807, 2.05) is 49.6 Å². The highest BCUT2D eigenvalue weighted by Gasteiger charge is 2.30. The molecule has 0 radical (unpaired) electrons. The monoisotopic (exact) mass is 333 g/mol. The van der Waals surface area contributed by atoms with E-state index >= 15 is 0 Å². The van der Waals surface area contributed by atoms with E-state index in [0.29, 0.717) is 11.3 Å². The minimum Gasteiger partial charge on any atom is -0.365 e. The Hall–Kier alpha value is -2.50. The summed E-state index contributed by atoms with van der Waals surface area (Å²) in [4.78, 5) is 4.58. The molecule has 6 heteroatoms. The van der Waals surface area contributed by atoms with E-state index in [9.17, 15) is 13.2 Å². The highest BCUT2D eigenvalue weighted by Crippen LogP contribution is 2.34. The molecular weight excluding hydrogens is 315 g/mol. The number of fused-ring (bicyclic) bond motifs is 1. The summed E-state index contributed by atoms with van der Waals surface area (Å²) >= 11 is 0. The summed E-state index contributed by atoms with van der Waals surface area (Å²) in [7, 11) is 0. The second-order valence-corrected chi connectivity index (χ2v) is 6.69. The van der Waals surface area contributed by atoms with E-state index in [0.717, 1.165) is 23.6 Å². The summed E-state index contributed by atoms with van der Waals surface area (Å²) in [6.07, 6.45) is -2.46. The van der Waals surface area contributed by atoms with Crippen molar-refractivity contribution < 1.29 is 13.2 Å². The first-order valence-corrected chi connectivity index (χ1v) is 7.58. The average Bonchev–Trinajstić information content (AvgIpc) is 2.84. The Balaban J connectivity index is 2.13. The van der Waals surface area contributed by atoms with Gasteiger partial charge in [0, 0.05) is 17.3 Å². The molecule has 0 amide bonds. The van der Waals surface area contributed by atoms with E-state index < -0.39 is 11.7 Å². The number of rotatable bonds is 2. The number of pyridine rings is 1. The Morgan fingerprint density at radius 2 is 1.62 bits per heavy atom. The van der Waals surface area contributed by atoms with Crippen molar-refractivity contribution in [3.05, 3.63) is 54.2 Å².